The predicted molar refractivity (Wildman–Crippen MR) is 121 cm³/mol. The maximum absolute atomic E-state index is 5.35. The average molecular weight is 381 g/mol. The largest absolute Gasteiger partial charge is 0.385 e. The molecular weight excluding hydrogens is 328 g/mol. The Morgan fingerprint density at radius 3 is 1.85 bits per heavy atom. The van der Waals surface area contributed by atoms with Crippen LogP contribution in [0.3, 0.4) is 0 Å². The molecule has 1 aliphatic carbocycles. The minimum atomic E-state index is 0.432. The molecule has 1 saturated carbocycles. The predicted octanol–water partition coefficient (Wildman–Crippen LogP) is 8.37. The summed E-state index contributed by atoms with van der Waals surface area (Å²) in [5, 5.41) is 0. The van der Waals surface area contributed by atoms with Gasteiger partial charge in [-0.05, 0) is 53.8 Å². The van der Waals surface area contributed by atoms with Gasteiger partial charge in [0.15, 0.2) is 0 Å². The third kappa shape index (κ3) is 9.33. The fourth-order valence-electron chi connectivity index (χ4n) is 5.56. The van der Waals surface area contributed by atoms with Gasteiger partial charge in [0.05, 0.1) is 0 Å². The molecule has 0 N–H and O–H groups in total. The highest BCUT2D eigenvalue weighted by molar-refractivity contribution is 4.82. The summed E-state index contributed by atoms with van der Waals surface area (Å²) in [4.78, 5) is 0. The van der Waals surface area contributed by atoms with Gasteiger partial charge in [-0.1, -0.05) is 99.8 Å². The molecule has 1 fully saturated rings. The second kappa shape index (κ2) is 12.5. The molecule has 0 bridgehead atoms. The van der Waals surface area contributed by atoms with E-state index in [4.69, 9.17) is 4.74 Å². The Morgan fingerprint density at radius 2 is 1.33 bits per heavy atom. The van der Waals surface area contributed by atoms with Crippen LogP contribution in [0.2, 0.25) is 0 Å². The molecular formula is C26H52O. The molecule has 6 unspecified atom stereocenters. The van der Waals surface area contributed by atoms with E-state index in [1.807, 2.05) is 7.11 Å². The molecule has 0 aromatic rings. The standard InChI is InChI=1S/C26H52O/c1-20-13-9-11-15-24(21(2)17-18-27-8)16-12-10-14-22(3)25(19-23(20)4)26(5,6)7/h20-25H,9-19H2,1-8H3. The maximum Gasteiger partial charge on any atom is 0.0464 e. The van der Waals surface area contributed by atoms with Crippen LogP contribution in [-0.4, -0.2) is 13.7 Å². The molecule has 1 heteroatoms. The van der Waals surface area contributed by atoms with E-state index in [1.165, 1.54) is 64.2 Å². The minimum absolute atomic E-state index is 0.432. The third-order valence-electron chi connectivity index (χ3n) is 7.95. The van der Waals surface area contributed by atoms with E-state index < -0.39 is 0 Å². The van der Waals surface area contributed by atoms with E-state index in [-0.39, 0.29) is 0 Å². The van der Waals surface area contributed by atoms with Gasteiger partial charge >= 0.3 is 0 Å². The van der Waals surface area contributed by atoms with Gasteiger partial charge in [0.2, 0.25) is 0 Å². The Bertz CT molecular complexity index is 369. The van der Waals surface area contributed by atoms with Crippen LogP contribution in [0.1, 0.15) is 113 Å². The quantitative estimate of drug-likeness (QED) is 0.476. The highest BCUT2D eigenvalue weighted by Gasteiger charge is 2.32. The summed E-state index contributed by atoms with van der Waals surface area (Å²) in [5.74, 6) is 5.16. The molecule has 27 heavy (non-hydrogen) atoms. The van der Waals surface area contributed by atoms with Gasteiger partial charge in [-0.25, -0.2) is 0 Å². The van der Waals surface area contributed by atoms with Crippen molar-refractivity contribution < 1.29 is 4.74 Å². The number of ether oxygens (including phenoxy) is 1. The van der Waals surface area contributed by atoms with E-state index in [0.717, 1.165) is 42.1 Å². The van der Waals surface area contributed by atoms with Crippen LogP contribution in [-0.2, 0) is 4.74 Å². The summed E-state index contributed by atoms with van der Waals surface area (Å²) in [6.07, 6.45) is 14.1. The molecule has 0 aliphatic heterocycles. The number of rotatable bonds is 4. The summed E-state index contributed by atoms with van der Waals surface area (Å²) in [5.41, 5.74) is 0.432. The zero-order valence-electron chi connectivity index (χ0n) is 20.2. The summed E-state index contributed by atoms with van der Waals surface area (Å²) < 4.78 is 5.35. The van der Waals surface area contributed by atoms with Crippen molar-refractivity contribution in [2.45, 2.75) is 113 Å². The van der Waals surface area contributed by atoms with Crippen LogP contribution in [0, 0.1) is 40.9 Å². The minimum Gasteiger partial charge on any atom is -0.385 e. The number of hydrogen-bond acceptors (Lipinski definition) is 1. The molecule has 0 heterocycles. The van der Waals surface area contributed by atoms with Crippen LogP contribution in [0.25, 0.3) is 0 Å². The Balaban J connectivity index is 2.76. The first-order chi connectivity index (χ1) is 12.7. The van der Waals surface area contributed by atoms with Crippen molar-refractivity contribution in [2.24, 2.45) is 40.9 Å². The molecule has 1 nitrogen and oxygen atoms in total. The molecule has 0 aromatic carbocycles. The van der Waals surface area contributed by atoms with E-state index >= 15 is 0 Å². The zero-order chi connectivity index (χ0) is 20.4. The highest BCUT2D eigenvalue weighted by atomic mass is 16.5. The van der Waals surface area contributed by atoms with Crippen LogP contribution >= 0.6 is 0 Å². The van der Waals surface area contributed by atoms with Gasteiger partial charge in [0.1, 0.15) is 0 Å². The summed E-state index contributed by atoms with van der Waals surface area (Å²) in [6, 6.07) is 0. The molecule has 6 atom stereocenters. The second-order valence-corrected chi connectivity index (χ2v) is 11.2. The molecule has 0 saturated heterocycles. The third-order valence-corrected chi connectivity index (χ3v) is 7.95. The van der Waals surface area contributed by atoms with Crippen molar-refractivity contribution in [1.82, 2.24) is 0 Å². The van der Waals surface area contributed by atoms with E-state index in [1.54, 1.807) is 0 Å². The van der Waals surface area contributed by atoms with Crippen molar-refractivity contribution in [2.75, 3.05) is 13.7 Å². The first-order valence-corrected chi connectivity index (χ1v) is 12.2. The van der Waals surface area contributed by atoms with E-state index in [9.17, 15) is 0 Å². The topological polar surface area (TPSA) is 9.23 Å². The van der Waals surface area contributed by atoms with Crippen molar-refractivity contribution >= 4 is 0 Å². The maximum atomic E-state index is 5.35. The van der Waals surface area contributed by atoms with Crippen molar-refractivity contribution in [3.8, 4) is 0 Å². The molecule has 0 spiro atoms. The number of methoxy groups -OCH3 is 1. The first kappa shape index (κ1) is 25.0. The second-order valence-electron chi connectivity index (χ2n) is 11.2. The molecule has 1 rings (SSSR count). The normalized spacial score (nSPS) is 34.0. The Morgan fingerprint density at radius 1 is 0.815 bits per heavy atom. The van der Waals surface area contributed by atoms with Gasteiger partial charge < -0.3 is 4.74 Å². The lowest BCUT2D eigenvalue weighted by Gasteiger charge is -2.39. The van der Waals surface area contributed by atoms with Gasteiger partial charge in [0.25, 0.3) is 0 Å². The van der Waals surface area contributed by atoms with E-state index in [2.05, 4.69) is 48.5 Å². The smallest absolute Gasteiger partial charge is 0.0464 e. The highest BCUT2D eigenvalue weighted by Crippen LogP contribution is 2.41. The Kier molecular flexibility index (Phi) is 11.6. The Labute approximate surface area is 172 Å². The van der Waals surface area contributed by atoms with Crippen LogP contribution in [0.5, 0.6) is 0 Å². The fraction of sp³-hybridized carbons (Fsp3) is 1.00. The van der Waals surface area contributed by atoms with Crippen molar-refractivity contribution in [3.63, 3.8) is 0 Å². The monoisotopic (exact) mass is 380 g/mol. The fourth-order valence-corrected chi connectivity index (χ4v) is 5.56. The summed E-state index contributed by atoms with van der Waals surface area (Å²) in [6.45, 7) is 18.4. The lowest BCUT2D eigenvalue weighted by molar-refractivity contribution is 0.111. The van der Waals surface area contributed by atoms with Crippen LogP contribution < -0.4 is 0 Å². The van der Waals surface area contributed by atoms with Gasteiger partial charge in [-0.15, -0.1) is 0 Å². The average Bonchev–Trinajstić information content (AvgIpc) is 2.60. The van der Waals surface area contributed by atoms with Crippen molar-refractivity contribution in [1.29, 1.82) is 0 Å². The van der Waals surface area contributed by atoms with Gasteiger partial charge in [0, 0.05) is 13.7 Å². The Hall–Kier alpha value is -0.0400. The molecule has 162 valence electrons. The number of hydrogen-bond donors (Lipinski definition) is 0. The summed E-state index contributed by atoms with van der Waals surface area (Å²) >= 11 is 0. The van der Waals surface area contributed by atoms with Gasteiger partial charge in [-0.2, -0.15) is 0 Å². The molecule has 0 aromatic heterocycles. The van der Waals surface area contributed by atoms with Crippen LogP contribution in [0.15, 0.2) is 0 Å². The zero-order valence-corrected chi connectivity index (χ0v) is 20.2. The SMILES string of the molecule is COCCC(C)C1CCCCC(C)C(C)CC(C(C)(C)C)C(C)CCCC1. The lowest BCUT2D eigenvalue weighted by Crippen LogP contribution is -2.30. The van der Waals surface area contributed by atoms with Crippen LogP contribution in [0.4, 0.5) is 0 Å². The summed E-state index contributed by atoms with van der Waals surface area (Å²) in [7, 11) is 1.84. The van der Waals surface area contributed by atoms with E-state index in [0.29, 0.717) is 5.41 Å². The molecule has 0 amide bonds. The molecule has 1 aliphatic rings. The lowest BCUT2D eigenvalue weighted by atomic mass is 9.67. The first-order valence-electron chi connectivity index (χ1n) is 12.2. The molecule has 0 radical (unpaired) electrons. The van der Waals surface area contributed by atoms with Gasteiger partial charge in [-0.3, -0.25) is 0 Å². The van der Waals surface area contributed by atoms with Crippen molar-refractivity contribution in [3.05, 3.63) is 0 Å².